The Balaban J connectivity index is 1.70. The standard InChI is InChI=1S/C17H32N2O/c1-3-16(2)14-19(12-15-6-10-20-11-7-15)17(13-18-16)8-4-5-9-17/h15,18H,3-14H2,1-2H3. The van der Waals surface area contributed by atoms with E-state index in [9.17, 15) is 0 Å². The van der Waals surface area contributed by atoms with Crippen molar-refractivity contribution in [3.63, 3.8) is 0 Å². The molecule has 3 fully saturated rings. The van der Waals surface area contributed by atoms with Gasteiger partial charge in [0.2, 0.25) is 0 Å². The molecule has 1 N–H and O–H groups in total. The van der Waals surface area contributed by atoms with Crippen molar-refractivity contribution in [1.29, 1.82) is 0 Å². The number of piperazine rings is 1. The summed E-state index contributed by atoms with van der Waals surface area (Å²) in [6.07, 6.45) is 9.43. The molecule has 3 nitrogen and oxygen atoms in total. The van der Waals surface area contributed by atoms with Crippen LogP contribution in [0.3, 0.4) is 0 Å². The van der Waals surface area contributed by atoms with Crippen LogP contribution in [0, 0.1) is 5.92 Å². The van der Waals surface area contributed by atoms with E-state index in [4.69, 9.17) is 4.74 Å². The average Bonchev–Trinajstić information content (AvgIpc) is 2.95. The number of hydrogen-bond acceptors (Lipinski definition) is 3. The van der Waals surface area contributed by atoms with E-state index in [2.05, 4.69) is 24.1 Å². The van der Waals surface area contributed by atoms with Crippen LogP contribution in [0.1, 0.15) is 58.8 Å². The van der Waals surface area contributed by atoms with Gasteiger partial charge in [-0.05, 0) is 44.9 Å². The van der Waals surface area contributed by atoms with Gasteiger partial charge in [-0.3, -0.25) is 4.90 Å². The lowest BCUT2D eigenvalue weighted by molar-refractivity contribution is -0.0185. The molecule has 0 bridgehead atoms. The maximum atomic E-state index is 5.54. The second kappa shape index (κ2) is 5.94. The van der Waals surface area contributed by atoms with Crippen molar-refractivity contribution in [3.05, 3.63) is 0 Å². The molecule has 3 heteroatoms. The Morgan fingerprint density at radius 2 is 1.90 bits per heavy atom. The van der Waals surface area contributed by atoms with Crippen LogP contribution in [0.15, 0.2) is 0 Å². The molecule has 2 heterocycles. The molecular weight excluding hydrogens is 248 g/mol. The molecule has 0 aromatic rings. The second-order valence-electron chi connectivity index (χ2n) is 7.64. The van der Waals surface area contributed by atoms with Gasteiger partial charge < -0.3 is 10.1 Å². The van der Waals surface area contributed by atoms with Gasteiger partial charge in [0.15, 0.2) is 0 Å². The highest BCUT2D eigenvalue weighted by Crippen LogP contribution is 2.40. The summed E-state index contributed by atoms with van der Waals surface area (Å²) in [6.45, 7) is 10.4. The summed E-state index contributed by atoms with van der Waals surface area (Å²) in [5, 5.41) is 3.88. The molecule has 3 aliphatic rings. The van der Waals surface area contributed by atoms with Gasteiger partial charge >= 0.3 is 0 Å². The first kappa shape index (κ1) is 14.8. The summed E-state index contributed by atoms with van der Waals surface area (Å²) in [5.41, 5.74) is 0.798. The quantitative estimate of drug-likeness (QED) is 0.860. The number of hydrogen-bond donors (Lipinski definition) is 1. The lowest BCUT2D eigenvalue weighted by atomic mass is 9.83. The fourth-order valence-electron chi connectivity index (χ4n) is 4.40. The summed E-state index contributed by atoms with van der Waals surface area (Å²) >= 11 is 0. The van der Waals surface area contributed by atoms with E-state index in [1.807, 2.05) is 0 Å². The molecule has 1 spiro atoms. The fraction of sp³-hybridized carbons (Fsp3) is 1.00. The predicted molar refractivity (Wildman–Crippen MR) is 83.0 cm³/mol. The van der Waals surface area contributed by atoms with Crippen LogP contribution in [0.5, 0.6) is 0 Å². The zero-order chi connectivity index (χ0) is 14.1. The zero-order valence-corrected chi connectivity index (χ0v) is 13.4. The van der Waals surface area contributed by atoms with Crippen LogP contribution in [0.4, 0.5) is 0 Å². The topological polar surface area (TPSA) is 24.5 Å². The molecule has 1 unspecified atom stereocenters. The Morgan fingerprint density at radius 1 is 1.20 bits per heavy atom. The van der Waals surface area contributed by atoms with Gasteiger partial charge in [0.05, 0.1) is 0 Å². The number of nitrogens with one attached hydrogen (secondary N) is 1. The van der Waals surface area contributed by atoms with E-state index in [-0.39, 0.29) is 0 Å². The van der Waals surface area contributed by atoms with Gasteiger partial charge in [-0.15, -0.1) is 0 Å². The van der Waals surface area contributed by atoms with Crippen LogP contribution in [-0.2, 0) is 4.74 Å². The second-order valence-corrected chi connectivity index (χ2v) is 7.64. The predicted octanol–water partition coefficient (Wildman–Crippen LogP) is 2.80. The third-order valence-corrected chi connectivity index (χ3v) is 6.19. The smallest absolute Gasteiger partial charge is 0.0469 e. The Bertz CT molecular complexity index is 321. The molecule has 1 saturated carbocycles. The molecule has 2 aliphatic heterocycles. The lowest BCUT2D eigenvalue weighted by Gasteiger charge is -2.53. The maximum Gasteiger partial charge on any atom is 0.0469 e. The Labute approximate surface area is 124 Å². The average molecular weight is 280 g/mol. The Morgan fingerprint density at radius 3 is 2.55 bits per heavy atom. The number of nitrogens with zero attached hydrogens (tertiary/aromatic N) is 1. The number of rotatable bonds is 3. The van der Waals surface area contributed by atoms with Gasteiger partial charge in [-0.1, -0.05) is 19.8 Å². The van der Waals surface area contributed by atoms with Gasteiger partial charge in [-0.25, -0.2) is 0 Å². The first-order valence-electron chi connectivity index (χ1n) is 8.74. The fourth-order valence-corrected chi connectivity index (χ4v) is 4.40. The summed E-state index contributed by atoms with van der Waals surface area (Å²) in [4.78, 5) is 2.88. The molecule has 1 atom stereocenters. The normalized spacial score (nSPS) is 35.7. The maximum absolute atomic E-state index is 5.54. The monoisotopic (exact) mass is 280 g/mol. The first-order chi connectivity index (χ1) is 9.66. The molecule has 116 valence electrons. The van der Waals surface area contributed by atoms with Crippen molar-refractivity contribution in [3.8, 4) is 0 Å². The molecule has 20 heavy (non-hydrogen) atoms. The van der Waals surface area contributed by atoms with Gasteiger partial charge in [0.1, 0.15) is 0 Å². The van der Waals surface area contributed by atoms with E-state index in [0.717, 1.165) is 19.1 Å². The van der Waals surface area contributed by atoms with Crippen molar-refractivity contribution in [2.45, 2.75) is 69.9 Å². The van der Waals surface area contributed by atoms with Crippen LogP contribution in [0.25, 0.3) is 0 Å². The van der Waals surface area contributed by atoms with Crippen molar-refractivity contribution < 1.29 is 4.74 Å². The molecule has 3 rings (SSSR count). The highest BCUT2D eigenvalue weighted by Gasteiger charge is 2.46. The summed E-state index contributed by atoms with van der Waals surface area (Å²) in [7, 11) is 0. The SMILES string of the molecule is CCC1(C)CN(CC2CCOCC2)C2(CCCC2)CN1. The summed E-state index contributed by atoms with van der Waals surface area (Å²) < 4.78 is 5.54. The highest BCUT2D eigenvalue weighted by atomic mass is 16.5. The molecule has 2 saturated heterocycles. The van der Waals surface area contributed by atoms with Crippen LogP contribution < -0.4 is 5.32 Å². The Hall–Kier alpha value is -0.120. The molecule has 0 aromatic heterocycles. The molecular formula is C17H32N2O. The van der Waals surface area contributed by atoms with Crippen LogP contribution in [-0.4, -0.2) is 48.8 Å². The Kier molecular flexibility index (Phi) is 4.40. The van der Waals surface area contributed by atoms with Crippen molar-refractivity contribution in [2.75, 3.05) is 32.8 Å². The lowest BCUT2D eigenvalue weighted by Crippen LogP contribution is -2.68. The van der Waals surface area contributed by atoms with Gasteiger partial charge in [0, 0.05) is 43.9 Å². The van der Waals surface area contributed by atoms with E-state index in [1.165, 1.54) is 64.6 Å². The third-order valence-electron chi connectivity index (χ3n) is 6.19. The van der Waals surface area contributed by atoms with E-state index < -0.39 is 0 Å². The van der Waals surface area contributed by atoms with E-state index in [1.54, 1.807) is 0 Å². The first-order valence-corrected chi connectivity index (χ1v) is 8.74. The molecule has 1 aliphatic carbocycles. The van der Waals surface area contributed by atoms with Gasteiger partial charge in [0.25, 0.3) is 0 Å². The van der Waals surface area contributed by atoms with Crippen molar-refractivity contribution >= 4 is 0 Å². The molecule has 0 aromatic carbocycles. The molecule has 0 amide bonds. The van der Waals surface area contributed by atoms with E-state index in [0.29, 0.717) is 11.1 Å². The minimum atomic E-state index is 0.318. The molecule has 0 radical (unpaired) electrons. The largest absolute Gasteiger partial charge is 0.381 e. The van der Waals surface area contributed by atoms with Crippen LogP contribution >= 0.6 is 0 Å². The van der Waals surface area contributed by atoms with Crippen molar-refractivity contribution in [1.82, 2.24) is 10.2 Å². The van der Waals surface area contributed by atoms with E-state index >= 15 is 0 Å². The summed E-state index contributed by atoms with van der Waals surface area (Å²) in [6, 6.07) is 0. The minimum absolute atomic E-state index is 0.318. The minimum Gasteiger partial charge on any atom is -0.381 e. The highest BCUT2D eigenvalue weighted by molar-refractivity contribution is 5.05. The van der Waals surface area contributed by atoms with Crippen LogP contribution in [0.2, 0.25) is 0 Å². The number of ether oxygens (including phenoxy) is 1. The summed E-state index contributed by atoms with van der Waals surface area (Å²) in [5.74, 6) is 0.862. The zero-order valence-electron chi connectivity index (χ0n) is 13.4. The van der Waals surface area contributed by atoms with Gasteiger partial charge in [-0.2, -0.15) is 0 Å². The third kappa shape index (κ3) is 2.90. The van der Waals surface area contributed by atoms with Crippen molar-refractivity contribution in [2.24, 2.45) is 5.92 Å².